The molecule has 1 amide bonds. The Morgan fingerprint density at radius 1 is 1.16 bits per heavy atom. The summed E-state index contributed by atoms with van der Waals surface area (Å²) in [7, 11) is 0. The topological polar surface area (TPSA) is 84.3 Å². The third-order valence-electron chi connectivity index (χ3n) is 2.68. The Morgan fingerprint density at radius 3 is 2.58 bits per heavy atom. The Morgan fingerprint density at radius 2 is 1.89 bits per heavy atom. The molecular formula is C14H13N2O3+. The number of nitrogens with zero attached hydrogens (tertiary/aromatic N) is 1. The molecule has 5 heteroatoms. The predicted molar refractivity (Wildman–Crippen MR) is 67.7 cm³/mol. The molecular weight excluding hydrogens is 244 g/mol. The maximum atomic E-state index is 11.1. The quantitative estimate of drug-likeness (QED) is 0.795. The maximum absolute atomic E-state index is 11.1. The second kappa shape index (κ2) is 5.30. The highest BCUT2D eigenvalue weighted by atomic mass is 16.4. The maximum Gasteiger partial charge on any atom is 0.335 e. The molecule has 96 valence electrons. The summed E-state index contributed by atoms with van der Waals surface area (Å²) >= 11 is 0. The Labute approximate surface area is 109 Å². The second-order valence-corrected chi connectivity index (χ2v) is 4.13. The normalized spacial score (nSPS) is 10.1. The lowest BCUT2D eigenvalue weighted by atomic mass is 10.1. The molecule has 0 saturated carbocycles. The molecule has 0 spiro atoms. The molecule has 0 saturated heterocycles. The molecule has 0 aliphatic carbocycles. The number of amides is 1. The van der Waals surface area contributed by atoms with Crippen LogP contribution in [-0.4, -0.2) is 17.0 Å². The van der Waals surface area contributed by atoms with Crippen LogP contribution >= 0.6 is 0 Å². The molecule has 0 aliphatic rings. The number of hydrogen-bond donors (Lipinski definition) is 2. The van der Waals surface area contributed by atoms with E-state index in [0.717, 1.165) is 5.56 Å². The Kier molecular flexibility index (Phi) is 3.56. The van der Waals surface area contributed by atoms with Gasteiger partial charge in [0.25, 0.3) is 5.91 Å². The number of primary amides is 1. The van der Waals surface area contributed by atoms with E-state index in [-0.39, 0.29) is 5.56 Å². The van der Waals surface area contributed by atoms with Crippen molar-refractivity contribution in [2.24, 2.45) is 5.73 Å². The van der Waals surface area contributed by atoms with Gasteiger partial charge in [-0.1, -0.05) is 12.1 Å². The molecule has 19 heavy (non-hydrogen) atoms. The van der Waals surface area contributed by atoms with Crippen LogP contribution < -0.4 is 10.3 Å². The third kappa shape index (κ3) is 3.16. The lowest BCUT2D eigenvalue weighted by Crippen LogP contribution is -2.35. The van der Waals surface area contributed by atoms with Crippen LogP contribution in [0.3, 0.4) is 0 Å². The van der Waals surface area contributed by atoms with Crippen molar-refractivity contribution in [2.45, 2.75) is 6.54 Å². The van der Waals surface area contributed by atoms with Crippen LogP contribution in [0.1, 0.15) is 26.3 Å². The highest BCUT2D eigenvalue weighted by Crippen LogP contribution is 2.05. The zero-order chi connectivity index (χ0) is 13.8. The van der Waals surface area contributed by atoms with Gasteiger partial charge in [-0.3, -0.25) is 4.79 Å². The standard InChI is InChI=1S/C14H12N2O3/c15-13(17)12-5-2-6-16(9-12)8-10-3-1-4-11(7-10)14(18)19/h1-7,9H,8H2,(H2-,15,17,18,19)/p+1. The number of carboxylic acid groups (broad SMARTS) is 1. The number of aromatic carboxylic acids is 1. The molecule has 2 aromatic rings. The van der Waals surface area contributed by atoms with Gasteiger partial charge in [-0.05, 0) is 18.2 Å². The van der Waals surface area contributed by atoms with Crippen LogP contribution in [-0.2, 0) is 6.54 Å². The number of rotatable bonds is 4. The second-order valence-electron chi connectivity index (χ2n) is 4.13. The summed E-state index contributed by atoms with van der Waals surface area (Å²) in [5.41, 5.74) is 6.70. The van der Waals surface area contributed by atoms with Gasteiger partial charge >= 0.3 is 5.97 Å². The van der Waals surface area contributed by atoms with Crippen LogP contribution in [0, 0.1) is 0 Å². The van der Waals surface area contributed by atoms with E-state index in [1.165, 1.54) is 6.07 Å². The van der Waals surface area contributed by atoms with E-state index in [9.17, 15) is 9.59 Å². The van der Waals surface area contributed by atoms with Gasteiger partial charge in [0.05, 0.1) is 5.56 Å². The highest BCUT2D eigenvalue weighted by molar-refractivity contribution is 5.92. The zero-order valence-corrected chi connectivity index (χ0v) is 10.1. The number of nitrogens with two attached hydrogens (primary N) is 1. The van der Waals surface area contributed by atoms with Crippen LogP contribution in [0.5, 0.6) is 0 Å². The highest BCUT2D eigenvalue weighted by Gasteiger charge is 2.09. The summed E-state index contributed by atoms with van der Waals surface area (Å²) in [6.07, 6.45) is 3.43. The molecule has 0 aliphatic heterocycles. The van der Waals surface area contributed by atoms with Gasteiger partial charge in [-0.15, -0.1) is 0 Å². The van der Waals surface area contributed by atoms with Gasteiger partial charge in [0.1, 0.15) is 5.56 Å². The van der Waals surface area contributed by atoms with E-state index in [4.69, 9.17) is 10.8 Å². The first kappa shape index (κ1) is 12.8. The van der Waals surface area contributed by atoms with Crippen molar-refractivity contribution in [3.8, 4) is 0 Å². The lowest BCUT2D eigenvalue weighted by Gasteiger charge is -2.00. The van der Waals surface area contributed by atoms with Crippen LogP contribution in [0.25, 0.3) is 0 Å². The fourth-order valence-electron chi connectivity index (χ4n) is 1.78. The van der Waals surface area contributed by atoms with Gasteiger partial charge in [-0.2, -0.15) is 4.57 Å². The van der Waals surface area contributed by atoms with E-state index in [1.807, 2.05) is 6.07 Å². The first-order valence-corrected chi connectivity index (χ1v) is 5.67. The largest absolute Gasteiger partial charge is 0.478 e. The summed E-state index contributed by atoms with van der Waals surface area (Å²) in [6.45, 7) is 0.474. The van der Waals surface area contributed by atoms with Gasteiger partial charge in [0, 0.05) is 11.6 Å². The minimum atomic E-state index is -0.960. The van der Waals surface area contributed by atoms with Gasteiger partial charge in [-0.25, -0.2) is 4.79 Å². The van der Waals surface area contributed by atoms with Crippen molar-refractivity contribution in [3.63, 3.8) is 0 Å². The van der Waals surface area contributed by atoms with E-state index < -0.39 is 11.9 Å². The lowest BCUT2D eigenvalue weighted by molar-refractivity contribution is -0.688. The molecule has 2 rings (SSSR count). The van der Waals surface area contributed by atoms with E-state index >= 15 is 0 Å². The monoisotopic (exact) mass is 257 g/mol. The number of carbonyl (C=O) groups is 2. The van der Waals surface area contributed by atoms with Crippen LogP contribution in [0.2, 0.25) is 0 Å². The average molecular weight is 257 g/mol. The van der Waals surface area contributed by atoms with Gasteiger partial charge in [0.2, 0.25) is 0 Å². The number of hydrogen-bond acceptors (Lipinski definition) is 2. The first-order chi connectivity index (χ1) is 9.06. The predicted octanol–water partition coefficient (Wildman–Crippen LogP) is 0.819. The molecule has 0 fully saturated rings. The van der Waals surface area contributed by atoms with Crippen LogP contribution in [0.15, 0.2) is 48.8 Å². The van der Waals surface area contributed by atoms with Gasteiger partial charge < -0.3 is 10.8 Å². The van der Waals surface area contributed by atoms with Crippen molar-refractivity contribution in [1.29, 1.82) is 0 Å². The third-order valence-corrected chi connectivity index (χ3v) is 2.68. The molecule has 0 radical (unpaired) electrons. The number of pyridine rings is 1. The molecule has 1 aromatic heterocycles. The Hall–Kier alpha value is -2.69. The zero-order valence-electron chi connectivity index (χ0n) is 10.1. The summed E-state index contributed by atoms with van der Waals surface area (Å²) in [5, 5.41) is 8.92. The van der Waals surface area contributed by atoms with Crippen molar-refractivity contribution in [1.82, 2.24) is 0 Å². The van der Waals surface area contributed by atoms with Crippen molar-refractivity contribution >= 4 is 11.9 Å². The average Bonchev–Trinajstić information content (AvgIpc) is 2.39. The molecule has 5 nitrogen and oxygen atoms in total. The minimum Gasteiger partial charge on any atom is -0.478 e. The fraction of sp³-hybridized carbons (Fsp3) is 0.0714. The van der Waals surface area contributed by atoms with Crippen molar-refractivity contribution in [3.05, 3.63) is 65.5 Å². The van der Waals surface area contributed by atoms with Crippen LogP contribution in [0.4, 0.5) is 0 Å². The fourth-order valence-corrected chi connectivity index (χ4v) is 1.78. The molecule has 3 N–H and O–H groups in total. The minimum absolute atomic E-state index is 0.240. The first-order valence-electron chi connectivity index (χ1n) is 5.67. The number of benzene rings is 1. The molecule has 0 bridgehead atoms. The van der Waals surface area contributed by atoms with E-state index in [0.29, 0.717) is 12.1 Å². The van der Waals surface area contributed by atoms with Crippen molar-refractivity contribution in [2.75, 3.05) is 0 Å². The summed E-state index contributed by atoms with van der Waals surface area (Å²) < 4.78 is 1.78. The molecule has 1 aromatic carbocycles. The van der Waals surface area contributed by atoms with E-state index in [2.05, 4.69) is 0 Å². The number of carbonyl (C=O) groups excluding carboxylic acids is 1. The number of aromatic nitrogens is 1. The Bertz CT molecular complexity index is 583. The molecule has 0 unspecified atom stereocenters. The molecule has 0 atom stereocenters. The summed E-state index contributed by atoms with van der Waals surface area (Å²) in [6, 6.07) is 10.0. The molecule has 1 heterocycles. The van der Waals surface area contributed by atoms with Gasteiger partial charge in [0.15, 0.2) is 18.9 Å². The number of carboxylic acids is 1. The smallest absolute Gasteiger partial charge is 0.335 e. The Balaban J connectivity index is 2.26. The summed E-state index contributed by atoms with van der Waals surface area (Å²) in [5.74, 6) is -1.45. The van der Waals surface area contributed by atoms with Crippen molar-refractivity contribution < 1.29 is 19.3 Å². The SMILES string of the molecule is NC(=O)c1ccc[n+](Cc2cccc(C(=O)O)c2)c1. The summed E-state index contributed by atoms with van der Waals surface area (Å²) in [4.78, 5) is 22.0. The van der Waals surface area contributed by atoms with E-state index in [1.54, 1.807) is 41.2 Å².